The van der Waals surface area contributed by atoms with E-state index in [0.29, 0.717) is 24.6 Å². The topological polar surface area (TPSA) is 39.7 Å². The Hall–Kier alpha value is -1.40. The lowest BCUT2D eigenvalue weighted by molar-refractivity contribution is 0.0187. The predicted octanol–water partition coefficient (Wildman–Crippen LogP) is 2.08. The van der Waals surface area contributed by atoms with E-state index in [2.05, 4.69) is 5.32 Å². The van der Waals surface area contributed by atoms with Crippen molar-refractivity contribution in [3.8, 4) is 11.5 Å². The first-order valence-corrected chi connectivity index (χ1v) is 5.95. The maximum absolute atomic E-state index is 11.8. The molecule has 0 atom stereocenters. The van der Waals surface area contributed by atoms with E-state index < -0.39 is 13.0 Å². The van der Waals surface area contributed by atoms with Gasteiger partial charge in [-0.3, -0.25) is 0 Å². The molecule has 1 rings (SSSR count). The summed E-state index contributed by atoms with van der Waals surface area (Å²) >= 11 is 0. The maximum Gasteiger partial charge on any atom is 0.261 e. The van der Waals surface area contributed by atoms with Gasteiger partial charge in [0.2, 0.25) is 0 Å². The Bertz CT molecular complexity index is 375. The fraction of sp³-hybridized carbons (Fsp3) is 0.538. The molecule has 108 valence electrons. The average Bonchev–Trinajstić information content (AvgIpc) is 2.42. The molecule has 0 aliphatic heterocycles. The molecule has 0 aliphatic rings. The molecular formula is C13H19F2NO3. The SMILES string of the molecule is COc1ccc(CNCCOCC(F)F)cc1OC. The number of ether oxygens (including phenoxy) is 3. The lowest BCUT2D eigenvalue weighted by Crippen LogP contribution is -2.20. The van der Waals surface area contributed by atoms with Gasteiger partial charge in [-0.2, -0.15) is 0 Å². The Morgan fingerprint density at radius 3 is 2.53 bits per heavy atom. The number of methoxy groups -OCH3 is 2. The largest absolute Gasteiger partial charge is 0.493 e. The second kappa shape index (κ2) is 8.66. The van der Waals surface area contributed by atoms with Crippen LogP contribution >= 0.6 is 0 Å². The third kappa shape index (κ3) is 5.85. The maximum atomic E-state index is 11.8. The van der Waals surface area contributed by atoms with Crippen molar-refractivity contribution in [3.05, 3.63) is 23.8 Å². The fourth-order valence-corrected chi connectivity index (χ4v) is 1.54. The number of hydrogen-bond donors (Lipinski definition) is 1. The molecule has 6 heteroatoms. The van der Waals surface area contributed by atoms with Crippen molar-refractivity contribution in [2.45, 2.75) is 13.0 Å². The summed E-state index contributed by atoms with van der Waals surface area (Å²) < 4.78 is 38.7. The van der Waals surface area contributed by atoms with Crippen LogP contribution in [0.15, 0.2) is 18.2 Å². The van der Waals surface area contributed by atoms with Gasteiger partial charge >= 0.3 is 0 Å². The first-order chi connectivity index (χ1) is 9.17. The molecule has 0 saturated carbocycles. The van der Waals surface area contributed by atoms with Crippen LogP contribution in [0.2, 0.25) is 0 Å². The Morgan fingerprint density at radius 2 is 1.89 bits per heavy atom. The molecule has 0 unspecified atom stereocenters. The lowest BCUT2D eigenvalue weighted by atomic mass is 10.2. The van der Waals surface area contributed by atoms with Gasteiger partial charge in [-0.1, -0.05) is 6.07 Å². The summed E-state index contributed by atoms with van der Waals surface area (Å²) in [7, 11) is 3.16. The minimum absolute atomic E-state index is 0.262. The smallest absolute Gasteiger partial charge is 0.261 e. The van der Waals surface area contributed by atoms with Gasteiger partial charge in [-0.25, -0.2) is 8.78 Å². The van der Waals surface area contributed by atoms with Crippen molar-refractivity contribution < 1.29 is 23.0 Å². The van der Waals surface area contributed by atoms with Crippen molar-refractivity contribution in [3.63, 3.8) is 0 Å². The van der Waals surface area contributed by atoms with Crippen LogP contribution < -0.4 is 14.8 Å². The van der Waals surface area contributed by atoms with Gasteiger partial charge in [0.15, 0.2) is 11.5 Å². The minimum Gasteiger partial charge on any atom is -0.493 e. The summed E-state index contributed by atoms with van der Waals surface area (Å²) in [4.78, 5) is 0. The standard InChI is InChI=1S/C13H19F2NO3/c1-17-11-4-3-10(7-12(11)18-2)8-16-5-6-19-9-13(14)15/h3-4,7,13,16H,5-6,8-9H2,1-2H3. The third-order valence-electron chi connectivity index (χ3n) is 2.44. The van der Waals surface area contributed by atoms with Gasteiger partial charge in [0.1, 0.15) is 6.61 Å². The summed E-state index contributed by atoms with van der Waals surface area (Å²) in [6.07, 6.45) is -2.41. The summed E-state index contributed by atoms with van der Waals surface area (Å²) in [5.74, 6) is 1.34. The molecule has 0 spiro atoms. The van der Waals surface area contributed by atoms with E-state index in [0.717, 1.165) is 5.56 Å². The molecule has 0 saturated heterocycles. The van der Waals surface area contributed by atoms with E-state index in [4.69, 9.17) is 14.2 Å². The van der Waals surface area contributed by atoms with Crippen LogP contribution in [-0.4, -0.2) is 40.4 Å². The van der Waals surface area contributed by atoms with Crippen LogP contribution in [0.3, 0.4) is 0 Å². The highest BCUT2D eigenvalue weighted by Gasteiger charge is 2.04. The molecule has 0 bridgehead atoms. The first kappa shape index (κ1) is 15.7. The second-order valence-corrected chi connectivity index (χ2v) is 3.83. The zero-order valence-electron chi connectivity index (χ0n) is 11.1. The summed E-state index contributed by atoms with van der Waals surface area (Å²) in [5.41, 5.74) is 1.02. The molecule has 0 heterocycles. The number of rotatable bonds is 9. The van der Waals surface area contributed by atoms with Crippen LogP contribution in [0, 0.1) is 0 Å². The fourth-order valence-electron chi connectivity index (χ4n) is 1.54. The van der Waals surface area contributed by atoms with E-state index >= 15 is 0 Å². The first-order valence-electron chi connectivity index (χ1n) is 5.95. The van der Waals surface area contributed by atoms with Gasteiger partial charge in [-0.05, 0) is 17.7 Å². The summed E-state index contributed by atoms with van der Waals surface area (Å²) in [5, 5.41) is 3.10. The van der Waals surface area contributed by atoms with Crippen LogP contribution in [0.25, 0.3) is 0 Å². The van der Waals surface area contributed by atoms with Gasteiger partial charge in [0, 0.05) is 13.1 Å². The van der Waals surface area contributed by atoms with Crippen molar-refractivity contribution in [2.24, 2.45) is 0 Å². The number of halogens is 2. The molecule has 0 aliphatic carbocycles. The average molecular weight is 275 g/mol. The minimum atomic E-state index is -2.41. The van der Waals surface area contributed by atoms with Crippen molar-refractivity contribution >= 4 is 0 Å². The second-order valence-electron chi connectivity index (χ2n) is 3.83. The van der Waals surface area contributed by atoms with E-state index in [-0.39, 0.29) is 6.61 Å². The highest BCUT2D eigenvalue weighted by Crippen LogP contribution is 2.27. The van der Waals surface area contributed by atoms with Gasteiger partial charge in [0.05, 0.1) is 20.8 Å². The highest BCUT2D eigenvalue weighted by molar-refractivity contribution is 5.42. The zero-order chi connectivity index (χ0) is 14.1. The van der Waals surface area contributed by atoms with Gasteiger partial charge in [0.25, 0.3) is 6.43 Å². The van der Waals surface area contributed by atoms with Gasteiger partial charge < -0.3 is 19.5 Å². The number of nitrogens with one attached hydrogen (secondary N) is 1. The molecule has 1 N–H and O–H groups in total. The van der Waals surface area contributed by atoms with Crippen LogP contribution in [0.1, 0.15) is 5.56 Å². The molecule has 19 heavy (non-hydrogen) atoms. The lowest BCUT2D eigenvalue weighted by Gasteiger charge is -2.10. The van der Waals surface area contributed by atoms with Crippen molar-refractivity contribution in [1.29, 1.82) is 0 Å². The third-order valence-corrected chi connectivity index (χ3v) is 2.44. The number of benzene rings is 1. The molecule has 0 radical (unpaired) electrons. The van der Waals surface area contributed by atoms with E-state index in [1.165, 1.54) is 0 Å². The van der Waals surface area contributed by atoms with E-state index in [1.807, 2.05) is 18.2 Å². The molecule has 1 aromatic rings. The predicted molar refractivity (Wildman–Crippen MR) is 68.1 cm³/mol. The molecule has 1 aromatic carbocycles. The zero-order valence-corrected chi connectivity index (χ0v) is 11.1. The quantitative estimate of drug-likeness (QED) is 0.700. The Kier molecular flexibility index (Phi) is 7.14. The van der Waals surface area contributed by atoms with Crippen LogP contribution in [0.5, 0.6) is 11.5 Å². The Morgan fingerprint density at radius 1 is 1.16 bits per heavy atom. The summed E-state index contributed by atoms with van der Waals surface area (Å²) in [6, 6.07) is 5.60. The number of alkyl halides is 2. The van der Waals surface area contributed by atoms with E-state index in [9.17, 15) is 8.78 Å². The Labute approximate surface area is 111 Å². The molecule has 0 fully saturated rings. The van der Waals surface area contributed by atoms with Crippen LogP contribution in [0.4, 0.5) is 8.78 Å². The molecular weight excluding hydrogens is 256 g/mol. The molecule has 0 aromatic heterocycles. The molecule has 4 nitrogen and oxygen atoms in total. The van der Waals surface area contributed by atoms with Crippen molar-refractivity contribution in [1.82, 2.24) is 5.32 Å². The Balaban J connectivity index is 2.29. The highest BCUT2D eigenvalue weighted by atomic mass is 19.3. The van der Waals surface area contributed by atoms with E-state index in [1.54, 1.807) is 14.2 Å². The van der Waals surface area contributed by atoms with Gasteiger partial charge in [-0.15, -0.1) is 0 Å². The molecule has 0 amide bonds. The monoisotopic (exact) mass is 275 g/mol. The van der Waals surface area contributed by atoms with Crippen molar-refractivity contribution in [2.75, 3.05) is 34.0 Å². The number of hydrogen-bond acceptors (Lipinski definition) is 4. The normalized spacial score (nSPS) is 10.8. The summed E-state index contributed by atoms with van der Waals surface area (Å²) in [6.45, 7) is 0.870. The van der Waals surface area contributed by atoms with Crippen LogP contribution in [-0.2, 0) is 11.3 Å².